The molecule has 8 nitrogen and oxygen atoms in total. The van der Waals surface area contributed by atoms with Crippen molar-refractivity contribution in [1.29, 1.82) is 0 Å². The summed E-state index contributed by atoms with van der Waals surface area (Å²) >= 11 is 0. The number of esters is 1. The fourth-order valence-corrected chi connectivity index (χ4v) is 2.72. The summed E-state index contributed by atoms with van der Waals surface area (Å²) in [5, 5.41) is 14.0. The van der Waals surface area contributed by atoms with E-state index in [9.17, 15) is 19.7 Å². The Kier molecular flexibility index (Phi) is 7.50. The van der Waals surface area contributed by atoms with Crippen LogP contribution in [0.15, 0.2) is 42.5 Å². The summed E-state index contributed by atoms with van der Waals surface area (Å²) in [6.45, 7) is 1.82. The molecule has 0 spiro atoms. The van der Waals surface area contributed by atoms with Crippen LogP contribution in [0.5, 0.6) is 0 Å². The van der Waals surface area contributed by atoms with Crippen LogP contribution >= 0.6 is 0 Å². The highest BCUT2D eigenvalue weighted by Gasteiger charge is 2.21. The Morgan fingerprint density at radius 2 is 1.86 bits per heavy atom. The Morgan fingerprint density at radius 1 is 1.14 bits per heavy atom. The second-order valence-electron chi connectivity index (χ2n) is 6.13. The van der Waals surface area contributed by atoms with Gasteiger partial charge in [-0.1, -0.05) is 36.4 Å². The van der Waals surface area contributed by atoms with Gasteiger partial charge >= 0.3 is 12.1 Å². The number of nitrogens with one attached hydrogen (secondary N) is 1. The third kappa shape index (κ3) is 5.80. The van der Waals surface area contributed by atoms with Crippen LogP contribution in [0.3, 0.4) is 0 Å². The molecule has 0 aliphatic carbocycles. The van der Waals surface area contributed by atoms with E-state index in [-0.39, 0.29) is 25.1 Å². The normalized spacial score (nSPS) is 10.2. The van der Waals surface area contributed by atoms with E-state index in [2.05, 4.69) is 10.1 Å². The minimum Gasteiger partial charge on any atom is -0.469 e. The lowest BCUT2D eigenvalue weighted by molar-refractivity contribution is -0.385. The Morgan fingerprint density at radius 3 is 2.50 bits per heavy atom. The van der Waals surface area contributed by atoms with Crippen LogP contribution in [-0.4, -0.2) is 24.1 Å². The number of ether oxygens (including phenoxy) is 2. The van der Waals surface area contributed by atoms with Crippen LogP contribution in [0.1, 0.15) is 29.5 Å². The summed E-state index contributed by atoms with van der Waals surface area (Å²) in [5.74, 6) is -0.396. The zero-order valence-corrected chi connectivity index (χ0v) is 15.8. The summed E-state index contributed by atoms with van der Waals surface area (Å²) in [6, 6.07) is 12.1. The topological polar surface area (TPSA) is 108 Å². The molecule has 0 aliphatic heterocycles. The van der Waals surface area contributed by atoms with E-state index in [4.69, 9.17) is 4.74 Å². The third-order valence-electron chi connectivity index (χ3n) is 4.17. The van der Waals surface area contributed by atoms with Crippen LogP contribution in [0.4, 0.5) is 16.2 Å². The van der Waals surface area contributed by atoms with Crippen LogP contribution in [0, 0.1) is 17.0 Å². The van der Waals surface area contributed by atoms with Gasteiger partial charge in [0, 0.05) is 12.5 Å². The number of hydrogen-bond donors (Lipinski definition) is 1. The van der Waals surface area contributed by atoms with Gasteiger partial charge in [0.1, 0.15) is 6.61 Å². The van der Waals surface area contributed by atoms with Crippen LogP contribution in [0.25, 0.3) is 0 Å². The molecule has 1 N–H and O–H groups in total. The maximum atomic E-state index is 12.2. The van der Waals surface area contributed by atoms with Crippen LogP contribution in [0.2, 0.25) is 0 Å². The van der Waals surface area contributed by atoms with Crippen molar-refractivity contribution in [3.63, 3.8) is 0 Å². The van der Waals surface area contributed by atoms with E-state index in [1.54, 1.807) is 13.0 Å². The maximum Gasteiger partial charge on any atom is 0.411 e. The van der Waals surface area contributed by atoms with E-state index in [1.165, 1.54) is 13.2 Å². The predicted molar refractivity (Wildman–Crippen MR) is 103 cm³/mol. The zero-order valence-electron chi connectivity index (χ0n) is 15.8. The van der Waals surface area contributed by atoms with Gasteiger partial charge in [0.05, 0.1) is 23.3 Å². The quantitative estimate of drug-likeness (QED) is 0.415. The molecule has 0 atom stereocenters. The molecular weight excluding hydrogens is 364 g/mol. The summed E-state index contributed by atoms with van der Waals surface area (Å²) < 4.78 is 9.80. The molecule has 0 heterocycles. The van der Waals surface area contributed by atoms with Crippen molar-refractivity contribution in [3.8, 4) is 0 Å². The number of anilines is 1. The lowest BCUT2D eigenvalue weighted by Crippen LogP contribution is -2.16. The van der Waals surface area contributed by atoms with Gasteiger partial charge in [-0.05, 0) is 30.9 Å². The summed E-state index contributed by atoms with van der Waals surface area (Å²) in [7, 11) is 1.28. The number of benzene rings is 2. The van der Waals surface area contributed by atoms with Crippen molar-refractivity contribution in [2.45, 2.75) is 32.8 Å². The first-order valence-corrected chi connectivity index (χ1v) is 8.73. The molecule has 2 rings (SSSR count). The molecule has 1 amide bonds. The highest BCUT2D eigenvalue weighted by molar-refractivity contribution is 5.88. The van der Waals surface area contributed by atoms with Gasteiger partial charge in [-0.3, -0.25) is 20.2 Å². The Hall–Kier alpha value is -3.42. The standard InChI is InChI=1S/C20H22N2O6/c1-14-11-12-17(22(25)26)16(9-6-10-18(23)27-2)19(14)21-20(24)28-13-15-7-4-3-5-8-15/h3-5,7-8,11-12H,6,9-10,13H2,1-2H3,(H,21,24). The summed E-state index contributed by atoms with van der Waals surface area (Å²) in [5.41, 5.74) is 2.05. The number of methoxy groups -OCH3 is 1. The highest BCUT2D eigenvalue weighted by atomic mass is 16.6. The maximum absolute atomic E-state index is 12.2. The van der Waals surface area contributed by atoms with Gasteiger partial charge in [-0.15, -0.1) is 0 Å². The molecule has 0 aliphatic rings. The molecule has 28 heavy (non-hydrogen) atoms. The molecular formula is C20H22N2O6. The molecule has 2 aromatic carbocycles. The monoisotopic (exact) mass is 386 g/mol. The minimum atomic E-state index is -0.707. The Labute approximate surface area is 162 Å². The molecule has 0 unspecified atom stereocenters. The Bertz CT molecular complexity index is 851. The molecule has 2 aromatic rings. The van der Waals surface area contributed by atoms with Crippen molar-refractivity contribution in [2.24, 2.45) is 0 Å². The number of nitro benzene ring substituents is 1. The number of carbonyl (C=O) groups is 2. The first-order chi connectivity index (χ1) is 13.4. The Balaban J connectivity index is 2.16. The third-order valence-corrected chi connectivity index (χ3v) is 4.17. The average Bonchev–Trinajstić information content (AvgIpc) is 2.69. The molecule has 0 fully saturated rings. The first kappa shape index (κ1) is 20.9. The van der Waals surface area contributed by atoms with Crippen molar-refractivity contribution in [3.05, 3.63) is 69.3 Å². The zero-order chi connectivity index (χ0) is 20.5. The molecule has 8 heteroatoms. The smallest absolute Gasteiger partial charge is 0.411 e. The number of hydrogen-bond acceptors (Lipinski definition) is 6. The second kappa shape index (κ2) is 10.1. The van der Waals surface area contributed by atoms with E-state index in [1.807, 2.05) is 30.3 Å². The van der Waals surface area contributed by atoms with E-state index in [0.29, 0.717) is 23.2 Å². The summed E-state index contributed by atoms with van der Waals surface area (Å²) in [4.78, 5) is 34.4. The molecule has 148 valence electrons. The van der Waals surface area contributed by atoms with Gasteiger partial charge in [0.15, 0.2) is 0 Å². The molecule has 0 bridgehead atoms. The fourth-order valence-electron chi connectivity index (χ4n) is 2.72. The van der Waals surface area contributed by atoms with Gasteiger partial charge in [0.25, 0.3) is 5.69 Å². The molecule has 0 saturated carbocycles. The minimum absolute atomic E-state index is 0.0817. The fraction of sp³-hybridized carbons (Fsp3) is 0.300. The number of amides is 1. The number of rotatable bonds is 8. The van der Waals surface area contributed by atoms with Crippen molar-refractivity contribution in [1.82, 2.24) is 0 Å². The van der Waals surface area contributed by atoms with Crippen molar-refractivity contribution < 1.29 is 24.0 Å². The lowest BCUT2D eigenvalue weighted by atomic mass is 10.0. The van der Waals surface area contributed by atoms with E-state index in [0.717, 1.165) is 5.56 Å². The van der Waals surface area contributed by atoms with Crippen molar-refractivity contribution >= 4 is 23.4 Å². The largest absolute Gasteiger partial charge is 0.469 e. The number of carbonyl (C=O) groups excluding carboxylic acids is 2. The SMILES string of the molecule is COC(=O)CCCc1c([N+](=O)[O-])ccc(C)c1NC(=O)OCc1ccccc1. The van der Waals surface area contributed by atoms with Crippen molar-refractivity contribution in [2.75, 3.05) is 12.4 Å². The van der Waals surface area contributed by atoms with E-state index >= 15 is 0 Å². The van der Waals surface area contributed by atoms with Gasteiger partial charge in [0.2, 0.25) is 0 Å². The lowest BCUT2D eigenvalue weighted by Gasteiger charge is -2.14. The van der Waals surface area contributed by atoms with Gasteiger partial charge in [-0.2, -0.15) is 0 Å². The number of nitrogens with zero attached hydrogens (tertiary/aromatic N) is 1. The molecule has 0 aromatic heterocycles. The highest BCUT2D eigenvalue weighted by Crippen LogP contribution is 2.31. The van der Waals surface area contributed by atoms with Crippen LogP contribution < -0.4 is 5.32 Å². The van der Waals surface area contributed by atoms with E-state index < -0.39 is 17.0 Å². The summed E-state index contributed by atoms with van der Waals surface area (Å²) in [6.07, 6.45) is 0.00709. The predicted octanol–water partition coefficient (Wildman–Crippen LogP) is 4.15. The molecule has 0 saturated heterocycles. The first-order valence-electron chi connectivity index (χ1n) is 8.73. The number of aryl methyl sites for hydroxylation is 1. The van der Waals surface area contributed by atoms with Gasteiger partial charge in [-0.25, -0.2) is 4.79 Å². The molecule has 0 radical (unpaired) electrons. The number of nitro groups is 1. The average molecular weight is 386 g/mol. The second-order valence-corrected chi connectivity index (χ2v) is 6.13. The van der Waals surface area contributed by atoms with Crippen LogP contribution in [-0.2, 0) is 27.3 Å². The van der Waals surface area contributed by atoms with Gasteiger partial charge < -0.3 is 9.47 Å².